The highest BCUT2D eigenvalue weighted by atomic mass is 32.2. The van der Waals surface area contributed by atoms with E-state index in [0.717, 1.165) is 11.2 Å². The van der Waals surface area contributed by atoms with E-state index in [0.29, 0.717) is 25.1 Å². The van der Waals surface area contributed by atoms with Gasteiger partial charge >= 0.3 is 6.09 Å². The summed E-state index contributed by atoms with van der Waals surface area (Å²) in [6, 6.07) is 9.57. The SMILES string of the molecule is O=C(NCc1ccc(S(=O)(=O)N2C[C@H]3CCN(C(=O)O)[C@H]3C2)cc1)c1ccc2nccn2c1. The zero-order valence-corrected chi connectivity index (χ0v) is 18.5. The molecule has 0 spiro atoms. The van der Waals surface area contributed by atoms with E-state index in [4.69, 9.17) is 0 Å². The summed E-state index contributed by atoms with van der Waals surface area (Å²) < 4.78 is 29.3. The highest BCUT2D eigenvalue weighted by Gasteiger charge is 2.47. The molecule has 3 aromatic rings. The van der Waals surface area contributed by atoms with E-state index in [1.807, 2.05) is 0 Å². The zero-order valence-electron chi connectivity index (χ0n) is 17.7. The Morgan fingerprint density at radius 2 is 1.91 bits per heavy atom. The fraction of sp³-hybridized carbons (Fsp3) is 0.318. The standard InChI is InChI=1S/C22H23N5O5S/c28-21(17-3-6-20-23-8-10-25(20)12-17)24-11-15-1-4-18(5-2-15)33(31,32)26-13-16-7-9-27(22(29)30)19(16)14-26/h1-6,8,10,12,16,19H,7,9,11,13-14H2,(H,24,28)(H,29,30)/t16-,19+/m1/s1. The summed E-state index contributed by atoms with van der Waals surface area (Å²) in [5, 5.41) is 12.2. The van der Waals surface area contributed by atoms with E-state index in [9.17, 15) is 23.1 Å². The minimum atomic E-state index is -3.72. The van der Waals surface area contributed by atoms with Gasteiger partial charge in [-0.15, -0.1) is 0 Å². The van der Waals surface area contributed by atoms with Crippen LogP contribution in [-0.4, -0.2) is 69.8 Å². The molecule has 172 valence electrons. The zero-order chi connectivity index (χ0) is 23.2. The van der Waals surface area contributed by atoms with Crippen LogP contribution in [0.1, 0.15) is 22.3 Å². The van der Waals surface area contributed by atoms with Crippen LogP contribution in [0.4, 0.5) is 4.79 Å². The lowest BCUT2D eigenvalue weighted by Crippen LogP contribution is -2.39. The van der Waals surface area contributed by atoms with E-state index in [1.54, 1.807) is 47.3 Å². The predicted octanol–water partition coefficient (Wildman–Crippen LogP) is 1.64. The van der Waals surface area contributed by atoms with E-state index in [1.165, 1.54) is 21.3 Å². The van der Waals surface area contributed by atoms with Gasteiger partial charge < -0.3 is 19.7 Å². The van der Waals surface area contributed by atoms with Gasteiger partial charge in [-0.05, 0) is 42.2 Å². The number of nitrogens with one attached hydrogen (secondary N) is 1. The Morgan fingerprint density at radius 1 is 1.12 bits per heavy atom. The monoisotopic (exact) mass is 469 g/mol. The summed E-state index contributed by atoms with van der Waals surface area (Å²) in [5.41, 5.74) is 2.01. The minimum Gasteiger partial charge on any atom is -0.465 e. The number of carbonyl (C=O) groups is 2. The lowest BCUT2D eigenvalue weighted by Gasteiger charge is -2.22. The van der Waals surface area contributed by atoms with Crippen molar-refractivity contribution in [2.75, 3.05) is 19.6 Å². The lowest BCUT2D eigenvalue weighted by molar-refractivity contribution is 0.0950. The summed E-state index contributed by atoms with van der Waals surface area (Å²) in [7, 11) is -3.72. The predicted molar refractivity (Wildman–Crippen MR) is 118 cm³/mol. The number of rotatable bonds is 5. The van der Waals surface area contributed by atoms with Crippen molar-refractivity contribution in [3.8, 4) is 0 Å². The molecule has 2 aliphatic heterocycles. The van der Waals surface area contributed by atoms with E-state index in [-0.39, 0.29) is 35.9 Å². The molecule has 2 saturated heterocycles. The first-order chi connectivity index (χ1) is 15.8. The second-order valence-electron chi connectivity index (χ2n) is 8.35. The third kappa shape index (κ3) is 3.93. The number of pyridine rings is 1. The van der Waals surface area contributed by atoms with Gasteiger partial charge in [-0.3, -0.25) is 4.79 Å². The fourth-order valence-electron chi connectivity index (χ4n) is 4.62. The Morgan fingerprint density at radius 3 is 2.67 bits per heavy atom. The molecule has 10 nitrogen and oxygen atoms in total. The number of aromatic nitrogens is 2. The molecule has 5 rings (SSSR count). The van der Waals surface area contributed by atoms with E-state index < -0.39 is 16.1 Å². The van der Waals surface area contributed by atoms with Crippen LogP contribution >= 0.6 is 0 Å². The van der Waals surface area contributed by atoms with Gasteiger partial charge in [0.25, 0.3) is 5.91 Å². The number of fused-ring (bicyclic) bond motifs is 2. The molecule has 33 heavy (non-hydrogen) atoms. The number of benzene rings is 1. The fourth-order valence-corrected chi connectivity index (χ4v) is 6.14. The topological polar surface area (TPSA) is 124 Å². The van der Waals surface area contributed by atoms with Crippen LogP contribution in [0.2, 0.25) is 0 Å². The summed E-state index contributed by atoms with van der Waals surface area (Å²) >= 11 is 0. The number of carboxylic acid groups (broad SMARTS) is 1. The quantitative estimate of drug-likeness (QED) is 0.585. The molecule has 0 radical (unpaired) electrons. The average molecular weight is 470 g/mol. The molecule has 2 amide bonds. The van der Waals surface area contributed by atoms with Crippen molar-refractivity contribution in [1.29, 1.82) is 0 Å². The van der Waals surface area contributed by atoms with Gasteiger partial charge in [-0.25, -0.2) is 18.2 Å². The third-order valence-corrected chi connectivity index (χ3v) is 8.27. The average Bonchev–Trinajstić information content (AvgIpc) is 3.52. The first-order valence-electron chi connectivity index (χ1n) is 10.6. The summed E-state index contributed by atoms with van der Waals surface area (Å²) in [5.74, 6) is -0.208. The highest BCUT2D eigenvalue weighted by molar-refractivity contribution is 7.89. The molecule has 0 aliphatic carbocycles. The molecule has 4 heterocycles. The van der Waals surface area contributed by atoms with Crippen molar-refractivity contribution in [3.63, 3.8) is 0 Å². The van der Waals surface area contributed by atoms with Crippen molar-refractivity contribution >= 4 is 27.7 Å². The van der Waals surface area contributed by atoms with Crippen LogP contribution < -0.4 is 5.32 Å². The maximum Gasteiger partial charge on any atom is 0.407 e. The van der Waals surface area contributed by atoms with Crippen LogP contribution in [0.3, 0.4) is 0 Å². The molecule has 11 heteroatoms. The molecule has 1 aromatic carbocycles. The molecule has 2 aromatic heterocycles. The Hall–Kier alpha value is -3.44. The third-order valence-electron chi connectivity index (χ3n) is 6.42. The molecule has 0 bridgehead atoms. The maximum atomic E-state index is 13.1. The molecule has 2 N–H and O–H groups in total. The summed E-state index contributed by atoms with van der Waals surface area (Å²) in [6.07, 6.45) is 4.79. The second-order valence-corrected chi connectivity index (χ2v) is 10.3. The van der Waals surface area contributed by atoms with Crippen molar-refractivity contribution in [2.24, 2.45) is 5.92 Å². The summed E-state index contributed by atoms with van der Waals surface area (Å²) in [6.45, 7) is 1.21. The number of likely N-dealkylation sites (tertiary alicyclic amines) is 1. The smallest absolute Gasteiger partial charge is 0.407 e. The maximum absolute atomic E-state index is 13.1. The number of imidazole rings is 1. The Labute approximate surface area is 190 Å². The second kappa shape index (κ2) is 8.16. The van der Waals surface area contributed by atoms with Crippen molar-refractivity contribution in [3.05, 3.63) is 66.1 Å². The van der Waals surface area contributed by atoms with Crippen LogP contribution in [0.5, 0.6) is 0 Å². The van der Waals surface area contributed by atoms with E-state index in [2.05, 4.69) is 10.3 Å². The molecule has 0 unspecified atom stereocenters. The Balaban J connectivity index is 1.23. The largest absolute Gasteiger partial charge is 0.465 e. The van der Waals surface area contributed by atoms with Gasteiger partial charge in [0.2, 0.25) is 10.0 Å². The normalized spacial score (nSPS) is 20.8. The molecule has 0 saturated carbocycles. The van der Waals surface area contributed by atoms with Crippen LogP contribution in [-0.2, 0) is 16.6 Å². The number of carbonyl (C=O) groups excluding carboxylic acids is 1. The van der Waals surface area contributed by atoms with Crippen molar-refractivity contribution in [2.45, 2.75) is 23.9 Å². The molecule has 2 fully saturated rings. The molecule has 2 atom stereocenters. The van der Waals surface area contributed by atoms with Crippen LogP contribution in [0, 0.1) is 5.92 Å². The number of amides is 2. The van der Waals surface area contributed by atoms with Gasteiger partial charge in [-0.1, -0.05) is 12.1 Å². The number of nitrogens with zero attached hydrogens (tertiary/aromatic N) is 4. The van der Waals surface area contributed by atoms with Crippen molar-refractivity contribution in [1.82, 2.24) is 23.9 Å². The van der Waals surface area contributed by atoms with Crippen LogP contribution in [0.25, 0.3) is 5.65 Å². The first kappa shape index (κ1) is 21.4. The van der Waals surface area contributed by atoms with Crippen molar-refractivity contribution < 1.29 is 23.1 Å². The summed E-state index contributed by atoms with van der Waals surface area (Å²) in [4.78, 5) is 29.5. The number of hydrogen-bond acceptors (Lipinski definition) is 5. The molecular formula is C22H23N5O5S. The van der Waals surface area contributed by atoms with E-state index >= 15 is 0 Å². The molecule has 2 aliphatic rings. The van der Waals surface area contributed by atoms with Crippen LogP contribution in [0.15, 0.2) is 59.9 Å². The van der Waals surface area contributed by atoms with Gasteiger partial charge in [0, 0.05) is 44.8 Å². The Kier molecular flexibility index (Phi) is 5.29. The first-order valence-corrected chi connectivity index (χ1v) is 12.1. The lowest BCUT2D eigenvalue weighted by atomic mass is 10.1. The van der Waals surface area contributed by atoms with Gasteiger partial charge in [0.1, 0.15) is 5.65 Å². The highest BCUT2D eigenvalue weighted by Crippen LogP contribution is 2.34. The Bertz CT molecular complexity index is 1320. The van der Waals surface area contributed by atoms with Gasteiger partial charge in [0.05, 0.1) is 16.5 Å². The van der Waals surface area contributed by atoms with Gasteiger partial charge in [-0.2, -0.15) is 4.31 Å². The number of sulfonamides is 1. The minimum absolute atomic E-state index is 0.0342. The van der Waals surface area contributed by atoms with Gasteiger partial charge in [0.15, 0.2) is 0 Å². The molecular weight excluding hydrogens is 446 g/mol. The number of hydrogen-bond donors (Lipinski definition) is 2.